The Labute approximate surface area is 160 Å². The van der Waals surface area contributed by atoms with Crippen molar-refractivity contribution >= 4 is 23.1 Å². The lowest BCUT2D eigenvalue weighted by Crippen LogP contribution is -1.95. The molecule has 0 saturated carbocycles. The van der Waals surface area contributed by atoms with Crippen LogP contribution in [0.25, 0.3) is 22.0 Å². The highest BCUT2D eigenvalue weighted by molar-refractivity contribution is 7.98. The molecule has 7 heteroatoms. The first-order valence-corrected chi connectivity index (χ1v) is 10.0. The molecule has 130 valence electrons. The summed E-state index contributed by atoms with van der Waals surface area (Å²) in [6.07, 6.45) is 3.55. The maximum Gasteiger partial charge on any atom is 0.191 e. The van der Waals surface area contributed by atoms with Crippen LogP contribution in [0.5, 0.6) is 0 Å². The summed E-state index contributed by atoms with van der Waals surface area (Å²) in [4.78, 5) is 8.90. The van der Waals surface area contributed by atoms with Crippen molar-refractivity contribution in [3.05, 3.63) is 65.4 Å². The molecule has 0 N–H and O–H groups in total. The van der Waals surface area contributed by atoms with Gasteiger partial charge in [-0.2, -0.15) is 0 Å². The molecule has 26 heavy (non-hydrogen) atoms. The second kappa shape index (κ2) is 7.39. The van der Waals surface area contributed by atoms with Gasteiger partial charge in [-0.25, -0.2) is 4.98 Å². The third-order valence-electron chi connectivity index (χ3n) is 3.95. The Bertz CT molecular complexity index is 1010. The van der Waals surface area contributed by atoms with E-state index in [9.17, 15) is 0 Å². The molecule has 0 aliphatic heterocycles. The Morgan fingerprint density at radius 2 is 1.92 bits per heavy atom. The summed E-state index contributed by atoms with van der Waals surface area (Å²) in [5.74, 6) is 1.58. The predicted octanol–water partition coefficient (Wildman–Crippen LogP) is 4.60. The summed E-state index contributed by atoms with van der Waals surface area (Å²) < 4.78 is 1.99. The number of benzene rings is 1. The van der Waals surface area contributed by atoms with Gasteiger partial charge in [0.2, 0.25) is 0 Å². The Morgan fingerprint density at radius 3 is 2.69 bits per heavy atom. The number of hydrogen-bond acceptors (Lipinski definition) is 6. The largest absolute Gasteiger partial charge is 0.305 e. The zero-order valence-corrected chi connectivity index (χ0v) is 16.1. The Balaban J connectivity index is 1.47. The van der Waals surface area contributed by atoms with Crippen LogP contribution in [0.3, 0.4) is 0 Å². The molecular formula is C19H17N5S2. The fourth-order valence-corrected chi connectivity index (χ4v) is 4.26. The number of pyridine rings is 1. The van der Waals surface area contributed by atoms with Crippen LogP contribution in [0.15, 0.2) is 59.3 Å². The highest BCUT2D eigenvalue weighted by atomic mass is 32.2. The van der Waals surface area contributed by atoms with E-state index in [1.165, 1.54) is 5.56 Å². The van der Waals surface area contributed by atoms with E-state index in [2.05, 4.69) is 51.8 Å². The molecule has 0 atom stereocenters. The summed E-state index contributed by atoms with van der Waals surface area (Å²) in [7, 11) is 1.98. The zero-order valence-electron chi connectivity index (χ0n) is 14.5. The molecular weight excluding hydrogens is 362 g/mol. The third-order valence-corrected chi connectivity index (χ3v) is 5.95. The lowest BCUT2D eigenvalue weighted by atomic mass is 10.2. The summed E-state index contributed by atoms with van der Waals surface area (Å²) in [6.45, 7) is 2.09. The average Bonchev–Trinajstić information content (AvgIpc) is 3.28. The summed E-state index contributed by atoms with van der Waals surface area (Å²) in [6, 6.07) is 12.4. The van der Waals surface area contributed by atoms with Crippen molar-refractivity contribution in [2.75, 3.05) is 0 Å². The molecule has 5 nitrogen and oxygen atoms in total. The SMILES string of the molecule is Cc1ccc(-c2nc(CSc3nnc(-c4cccnc4)n3C)cs2)cc1. The van der Waals surface area contributed by atoms with Crippen LogP contribution < -0.4 is 0 Å². The van der Waals surface area contributed by atoms with Crippen LogP contribution >= 0.6 is 23.1 Å². The van der Waals surface area contributed by atoms with Gasteiger partial charge in [0.05, 0.1) is 5.69 Å². The molecule has 0 unspecified atom stereocenters. The standard InChI is InChI=1S/C19H17N5S2/c1-13-5-7-14(8-6-13)18-21-16(11-25-18)12-26-19-23-22-17(24(19)2)15-4-3-9-20-10-15/h3-11H,12H2,1-2H3. The minimum Gasteiger partial charge on any atom is -0.305 e. The number of rotatable bonds is 5. The number of thiazole rings is 1. The number of thioether (sulfide) groups is 1. The summed E-state index contributed by atoms with van der Waals surface area (Å²) in [5, 5.41) is 12.6. The Morgan fingerprint density at radius 1 is 1.08 bits per heavy atom. The van der Waals surface area contributed by atoms with E-state index in [1.807, 2.05) is 23.7 Å². The van der Waals surface area contributed by atoms with Gasteiger partial charge in [-0.1, -0.05) is 41.6 Å². The number of hydrogen-bond donors (Lipinski definition) is 0. The normalized spacial score (nSPS) is 11.0. The molecule has 3 heterocycles. The minimum absolute atomic E-state index is 0.765. The maximum atomic E-state index is 4.75. The highest BCUT2D eigenvalue weighted by Gasteiger charge is 2.12. The molecule has 4 rings (SSSR count). The summed E-state index contributed by atoms with van der Waals surface area (Å²) in [5.41, 5.74) is 4.44. The van der Waals surface area contributed by atoms with Crippen molar-refractivity contribution in [2.24, 2.45) is 7.05 Å². The monoisotopic (exact) mass is 379 g/mol. The molecule has 4 aromatic rings. The molecule has 0 saturated heterocycles. The molecule has 0 fully saturated rings. The van der Waals surface area contributed by atoms with Crippen LogP contribution in [-0.2, 0) is 12.8 Å². The predicted molar refractivity (Wildman–Crippen MR) is 106 cm³/mol. The average molecular weight is 380 g/mol. The number of nitrogens with zero attached hydrogens (tertiary/aromatic N) is 5. The zero-order chi connectivity index (χ0) is 17.9. The van der Waals surface area contributed by atoms with E-state index in [0.29, 0.717) is 0 Å². The van der Waals surface area contributed by atoms with Crippen molar-refractivity contribution in [1.82, 2.24) is 24.7 Å². The first-order valence-electron chi connectivity index (χ1n) is 8.15. The second-order valence-corrected chi connectivity index (χ2v) is 7.71. The Kier molecular flexibility index (Phi) is 4.81. The first-order chi connectivity index (χ1) is 12.7. The second-order valence-electron chi connectivity index (χ2n) is 5.91. The molecule has 0 spiro atoms. The van der Waals surface area contributed by atoms with Gasteiger partial charge < -0.3 is 4.57 Å². The van der Waals surface area contributed by atoms with Gasteiger partial charge in [0.1, 0.15) is 5.01 Å². The van der Waals surface area contributed by atoms with Crippen molar-refractivity contribution < 1.29 is 0 Å². The van der Waals surface area contributed by atoms with Crippen molar-refractivity contribution in [3.8, 4) is 22.0 Å². The molecule has 0 aliphatic rings. The van der Waals surface area contributed by atoms with Crippen LogP contribution in [0, 0.1) is 6.92 Å². The Hall–Kier alpha value is -2.51. The lowest BCUT2D eigenvalue weighted by molar-refractivity contribution is 0.793. The quantitative estimate of drug-likeness (QED) is 0.474. The topological polar surface area (TPSA) is 56.5 Å². The van der Waals surface area contributed by atoms with E-state index in [1.54, 1.807) is 35.5 Å². The van der Waals surface area contributed by atoms with Gasteiger partial charge >= 0.3 is 0 Å². The molecule has 0 aliphatic carbocycles. The fraction of sp³-hybridized carbons (Fsp3) is 0.158. The van der Waals surface area contributed by atoms with E-state index in [4.69, 9.17) is 4.98 Å². The smallest absolute Gasteiger partial charge is 0.191 e. The number of aromatic nitrogens is 5. The lowest BCUT2D eigenvalue weighted by Gasteiger charge is -2.02. The van der Waals surface area contributed by atoms with E-state index in [0.717, 1.165) is 38.6 Å². The third kappa shape index (κ3) is 3.54. The highest BCUT2D eigenvalue weighted by Crippen LogP contribution is 2.28. The van der Waals surface area contributed by atoms with Gasteiger partial charge in [0.25, 0.3) is 0 Å². The van der Waals surface area contributed by atoms with Gasteiger partial charge in [-0.15, -0.1) is 21.5 Å². The van der Waals surface area contributed by atoms with Gasteiger partial charge in [-0.3, -0.25) is 4.98 Å². The molecule has 0 amide bonds. The molecule has 3 aromatic heterocycles. The first kappa shape index (κ1) is 16.9. The number of aryl methyl sites for hydroxylation is 1. The van der Waals surface area contributed by atoms with Crippen LogP contribution in [0.4, 0.5) is 0 Å². The van der Waals surface area contributed by atoms with Crippen LogP contribution in [-0.4, -0.2) is 24.7 Å². The fourth-order valence-electron chi connectivity index (χ4n) is 2.53. The van der Waals surface area contributed by atoms with Gasteiger partial charge in [-0.05, 0) is 19.1 Å². The van der Waals surface area contributed by atoms with Crippen molar-refractivity contribution in [1.29, 1.82) is 0 Å². The molecule has 0 radical (unpaired) electrons. The molecule has 1 aromatic carbocycles. The molecule has 0 bridgehead atoms. The van der Waals surface area contributed by atoms with E-state index >= 15 is 0 Å². The van der Waals surface area contributed by atoms with Crippen molar-refractivity contribution in [3.63, 3.8) is 0 Å². The van der Waals surface area contributed by atoms with Gasteiger partial charge in [0, 0.05) is 41.7 Å². The van der Waals surface area contributed by atoms with Crippen LogP contribution in [0.2, 0.25) is 0 Å². The van der Waals surface area contributed by atoms with E-state index in [-0.39, 0.29) is 0 Å². The van der Waals surface area contributed by atoms with Crippen LogP contribution in [0.1, 0.15) is 11.3 Å². The maximum absolute atomic E-state index is 4.75. The summed E-state index contributed by atoms with van der Waals surface area (Å²) >= 11 is 3.31. The van der Waals surface area contributed by atoms with Crippen molar-refractivity contribution in [2.45, 2.75) is 17.8 Å². The van der Waals surface area contributed by atoms with Gasteiger partial charge in [0.15, 0.2) is 11.0 Å². The van der Waals surface area contributed by atoms with E-state index < -0.39 is 0 Å². The minimum atomic E-state index is 0.765.